The van der Waals surface area contributed by atoms with Crippen LogP contribution in [0.4, 0.5) is 0 Å². The van der Waals surface area contributed by atoms with Crippen LogP contribution in [0.3, 0.4) is 0 Å². The SMILES string of the molecule is CN=C1C=C[C@@]2(C)C(=C1)CC[C@H]1[C@@H]3C[C@@H](C)[C@](OC(=O)c4ccco4)(C(=O)CCl)[C@@]3(C)C[C@H](O)[C@@]12Cl. The number of Topliss-reactive ketones (excluding diaryl/α,β-unsaturated/α-hetero) is 1. The van der Waals surface area contributed by atoms with E-state index in [2.05, 4.69) is 24.1 Å². The zero-order valence-corrected chi connectivity index (χ0v) is 22.6. The van der Waals surface area contributed by atoms with Crippen molar-refractivity contribution in [2.75, 3.05) is 12.9 Å². The molecule has 0 spiro atoms. The van der Waals surface area contributed by atoms with Crippen LogP contribution in [0.2, 0.25) is 0 Å². The molecule has 8 heteroatoms. The molecule has 0 radical (unpaired) electrons. The number of ether oxygens (including phenoxy) is 1. The van der Waals surface area contributed by atoms with Crippen molar-refractivity contribution >= 4 is 40.7 Å². The summed E-state index contributed by atoms with van der Waals surface area (Å²) in [6, 6.07) is 3.11. The molecule has 1 aromatic rings. The van der Waals surface area contributed by atoms with Gasteiger partial charge in [0.25, 0.3) is 0 Å². The number of halogens is 2. The molecule has 6 nitrogen and oxygen atoms in total. The lowest BCUT2D eigenvalue weighted by atomic mass is 9.45. The fourth-order valence-electron chi connectivity index (χ4n) is 8.24. The van der Waals surface area contributed by atoms with Crippen molar-refractivity contribution in [1.82, 2.24) is 0 Å². The summed E-state index contributed by atoms with van der Waals surface area (Å²) >= 11 is 13.7. The maximum Gasteiger partial charge on any atom is 0.375 e. The average molecular weight is 534 g/mol. The van der Waals surface area contributed by atoms with Gasteiger partial charge in [-0.05, 0) is 61.8 Å². The second-order valence-electron chi connectivity index (χ2n) is 11.3. The van der Waals surface area contributed by atoms with Crippen LogP contribution in [0.1, 0.15) is 57.0 Å². The third kappa shape index (κ3) is 3.10. The first-order valence-electron chi connectivity index (χ1n) is 12.6. The molecule has 0 aromatic carbocycles. The van der Waals surface area contributed by atoms with E-state index in [1.807, 2.05) is 19.9 Å². The van der Waals surface area contributed by atoms with E-state index in [1.165, 1.54) is 12.3 Å². The smallest absolute Gasteiger partial charge is 0.375 e. The van der Waals surface area contributed by atoms with E-state index in [0.717, 1.165) is 24.1 Å². The molecule has 0 unspecified atom stereocenters. The number of rotatable bonds is 4. The first-order chi connectivity index (χ1) is 17.0. The number of hydrogen-bond acceptors (Lipinski definition) is 6. The second-order valence-corrected chi connectivity index (χ2v) is 12.2. The van der Waals surface area contributed by atoms with Crippen LogP contribution in [0.5, 0.6) is 0 Å². The Kier molecular flexibility index (Phi) is 6.13. The summed E-state index contributed by atoms with van der Waals surface area (Å²) in [6.45, 7) is 6.00. The number of allylic oxidation sites excluding steroid dienone is 4. The van der Waals surface area contributed by atoms with Gasteiger partial charge in [-0.3, -0.25) is 9.79 Å². The zero-order valence-electron chi connectivity index (χ0n) is 21.1. The molecule has 194 valence electrons. The number of furan rings is 1. The highest BCUT2D eigenvalue weighted by molar-refractivity contribution is 6.29. The highest BCUT2D eigenvalue weighted by atomic mass is 35.5. The van der Waals surface area contributed by atoms with E-state index in [1.54, 1.807) is 13.1 Å². The Morgan fingerprint density at radius 1 is 1.31 bits per heavy atom. The van der Waals surface area contributed by atoms with Crippen molar-refractivity contribution in [3.8, 4) is 0 Å². The molecule has 4 aliphatic carbocycles. The van der Waals surface area contributed by atoms with Crippen molar-refractivity contribution in [2.24, 2.45) is 33.6 Å². The van der Waals surface area contributed by atoms with Gasteiger partial charge in [0.05, 0.1) is 28.8 Å². The average Bonchev–Trinajstić information content (AvgIpc) is 3.46. The molecule has 3 fully saturated rings. The number of hydrogen-bond donors (Lipinski definition) is 1. The van der Waals surface area contributed by atoms with Gasteiger partial charge in [-0.15, -0.1) is 23.2 Å². The number of alkyl halides is 2. The molecule has 0 aliphatic heterocycles. The summed E-state index contributed by atoms with van der Waals surface area (Å²) in [6.07, 6.45) is 9.01. The molecule has 0 amide bonds. The van der Waals surface area contributed by atoms with Crippen LogP contribution in [0, 0.1) is 28.6 Å². The largest absolute Gasteiger partial charge is 0.457 e. The van der Waals surface area contributed by atoms with E-state index in [-0.39, 0.29) is 41.6 Å². The maximum atomic E-state index is 13.6. The summed E-state index contributed by atoms with van der Waals surface area (Å²) in [5.74, 6) is -1.79. The Labute approximate surface area is 221 Å². The lowest BCUT2D eigenvalue weighted by Crippen LogP contribution is -2.69. The molecule has 0 saturated heterocycles. The molecule has 0 bridgehead atoms. The van der Waals surface area contributed by atoms with Crippen LogP contribution >= 0.6 is 23.2 Å². The number of carbonyl (C=O) groups is 2. The number of fused-ring (bicyclic) bond motifs is 5. The molecule has 8 atom stereocenters. The van der Waals surface area contributed by atoms with Crippen molar-refractivity contribution in [3.63, 3.8) is 0 Å². The lowest BCUT2D eigenvalue weighted by molar-refractivity contribution is -0.177. The summed E-state index contributed by atoms with van der Waals surface area (Å²) in [7, 11) is 1.76. The highest BCUT2D eigenvalue weighted by Crippen LogP contribution is 2.72. The molecule has 1 aromatic heterocycles. The van der Waals surface area contributed by atoms with Gasteiger partial charge in [-0.2, -0.15) is 0 Å². The van der Waals surface area contributed by atoms with Crippen molar-refractivity contribution in [1.29, 1.82) is 0 Å². The standard InChI is InChI=1S/C28H33Cl2NO5/c1-16-12-20-19-8-7-17-13-18(31-4)9-10-25(17,2)27(19,30)22(32)14-26(20,3)28(16,23(33)15-29)36-24(34)21-6-5-11-35-21/h5-6,9-11,13,16,19-20,22,32H,7-8,12,14-15H2,1-4H3/t16-,19+,20+,22+,25+,26+,27+,28+/m1/s1. The van der Waals surface area contributed by atoms with Gasteiger partial charge in [0, 0.05) is 23.8 Å². The Balaban J connectivity index is 1.60. The monoisotopic (exact) mass is 533 g/mol. The first kappa shape index (κ1) is 25.7. The summed E-state index contributed by atoms with van der Waals surface area (Å²) in [5, 5.41) is 11.9. The minimum absolute atomic E-state index is 0.0275. The second kappa shape index (κ2) is 8.57. The van der Waals surface area contributed by atoms with E-state index >= 15 is 0 Å². The van der Waals surface area contributed by atoms with Gasteiger partial charge in [0.1, 0.15) is 0 Å². The molecule has 1 heterocycles. The Morgan fingerprint density at radius 3 is 2.69 bits per heavy atom. The molecule has 4 aliphatic rings. The van der Waals surface area contributed by atoms with Crippen LogP contribution in [-0.4, -0.2) is 52.1 Å². The van der Waals surface area contributed by atoms with Gasteiger partial charge in [-0.25, -0.2) is 4.79 Å². The fourth-order valence-corrected chi connectivity index (χ4v) is 8.96. The van der Waals surface area contributed by atoms with Crippen LogP contribution in [-0.2, 0) is 9.53 Å². The van der Waals surface area contributed by atoms with Gasteiger partial charge < -0.3 is 14.3 Å². The molecular weight excluding hydrogens is 501 g/mol. The Hall–Kier alpha value is -1.89. The third-order valence-corrected chi connectivity index (χ3v) is 11.1. The zero-order chi connectivity index (χ0) is 26.1. The van der Waals surface area contributed by atoms with E-state index < -0.39 is 33.4 Å². The summed E-state index contributed by atoms with van der Waals surface area (Å²) in [4.78, 5) is 30.1. The van der Waals surface area contributed by atoms with Crippen LogP contribution in [0.25, 0.3) is 0 Å². The summed E-state index contributed by atoms with van der Waals surface area (Å²) in [5.41, 5.74) is -0.860. The third-order valence-electron chi connectivity index (χ3n) is 9.96. The molecule has 5 rings (SSSR count). The molecule has 1 N–H and O–H groups in total. The molecule has 36 heavy (non-hydrogen) atoms. The number of aliphatic hydroxyl groups excluding tert-OH is 1. The van der Waals surface area contributed by atoms with E-state index in [4.69, 9.17) is 32.4 Å². The normalized spacial score (nSPS) is 44.4. The van der Waals surface area contributed by atoms with Gasteiger partial charge in [0.2, 0.25) is 5.76 Å². The van der Waals surface area contributed by atoms with Crippen LogP contribution in [0.15, 0.2) is 51.6 Å². The minimum Gasteiger partial charge on any atom is -0.457 e. The van der Waals surface area contributed by atoms with E-state index in [0.29, 0.717) is 6.42 Å². The number of esters is 1. The predicted molar refractivity (Wildman–Crippen MR) is 139 cm³/mol. The number of aliphatic imine (C=N–C) groups is 1. The van der Waals surface area contributed by atoms with Crippen molar-refractivity contribution in [2.45, 2.75) is 63.0 Å². The summed E-state index contributed by atoms with van der Waals surface area (Å²) < 4.78 is 11.4. The number of ketones is 1. The molecule has 3 saturated carbocycles. The van der Waals surface area contributed by atoms with Crippen LogP contribution < -0.4 is 0 Å². The van der Waals surface area contributed by atoms with Crippen molar-refractivity contribution in [3.05, 3.63) is 48.0 Å². The highest BCUT2D eigenvalue weighted by Gasteiger charge is 2.76. The fraction of sp³-hybridized carbons (Fsp3) is 0.607. The van der Waals surface area contributed by atoms with Crippen molar-refractivity contribution < 1.29 is 23.8 Å². The van der Waals surface area contributed by atoms with Gasteiger partial charge in [0.15, 0.2) is 11.4 Å². The lowest BCUT2D eigenvalue weighted by Gasteiger charge is -2.64. The maximum absolute atomic E-state index is 13.6. The number of carbonyl (C=O) groups excluding carboxylic acids is 2. The Morgan fingerprint density at radius 2 is 2.06 bits per heavy atom. The predicted octanol–water partition coefficient (Wildman–Crippen LogP) is 5.37. The quantitative estimate of drug-likeness (QED) is 0.415. The minimum atomic E-state index is -1.50. The molecular formula is C28H33Cl2NO5. The topological polar surface area (TPSA) is 89.1 Å². The van der Waals surface area contributed by atoms with Gasteiger partial charge >= 0.3 is 5.97 Å². The Bertz CT molecular complexity index is 1170. The first-order valence-corrected chi connectivity index (χ1v) is 13.5. The number of aliphatic hydroxyl groups is 1. The van der Waals surface area contributed by atoms with E-state index in [9.17, 15) is 14.7 Å². The van der Waals surface area contributed by atoms with Gasteiger partial charge in [-0.1, -0.05) is 32.4 Å². The number of nitrogens with zero attached hydrogens (tertiary/aromatic N) is 1.